The SMILES string of the molecule is Cc1nc(-c2cccs2)sc1C(=O)N1CCC(N2CCNCC2)C1. The molecule has 4 rings (SSSR count). The fourth-order valence-electron chi connectivity index (χ4n) is 3.52. The number of thiazole rings is 1. The van der Waals surface area contributed by atoms with Crippen LogP contribution in [0.5, 0.6) is 0 Å². The van der Waals surface area contributed by atoms with Gasteiger partial charge in [-0.05, 0) is 24.8 Å². The summed E-state index contributed by atoms with van der Waals surface area (Å²) in [5.74, 6) is 0.158. The predicted molar refractivity (Wildman–Crippen MR) is 98.9 cm³/mol. The molecule has 0 saturated carbocycles. The summed E-state index contributed by atoms with van der Waals surface area (Å²) in [5, 5.41) is 6.40. The molecule has 24 heavy (non-hydrogen) atoms. The first-order valence-electron chi connectivity index (χ1n) is 8.48. The van der Waals surface area contributed by atoms with Crippen molar-refractivity contribution < 1.29 is 4.79 Å². The highest BCUT2D eigenvalue weighted by Crippen LogP contribution is 2.32. The monoisotopic (exact) mass is 362 g/mol. The average molecular weight is 363 g/mol. The molecule has 2 saturated heterocycles. The maximum Gasteiger partial charge on any atom is 0.265 e. The van der Waals surface area contributed by atoms with E-state index in [9.17, 15) is 4.79 Å². The van der Waals surface area contributed by atoms with Crippen molar-refractivity contribution in [1.82, 2.24) is 20.1 Å². The minimum Gasteiger partial charge on any atom is -0.336 e. The van der Waals surface area contributed by atoms with Gasteiger partial charge in [-0.2, -0.15) is 0 Å². The van der Waals surface area contributed by atoms with E-state index in [0.29, 0.717) is 6.04 Å². The van der Waals surface area contributed by atoms with Gasteiger partial charge in [0.05, 0.1) is 10.6 Å². The lowest BCUT2D eigenvalue weighted by molar-refractivity contribution is 0.0777. The second-order valence-corrected chi connectivity index (χ2v) is 8.34. The molecule has 4 heterocycles. The number of hydrogen-bond acceptors (Lipinski definition) is 6. The molecule has 5 nitrogen and oxygen atoms in total. The Morgan fingerprint density at radius 1 is 1.33 bits per heavy atom. The molecule has 2 aromatic rings. The third-order valence-corrected chi connectivity index (χ3v) is 7.03. The third kappa shape index (κ3) is 3.13. The van der Waals surface area contributed by atoms with Crippen LogP contribution >= 0.6 is 22.7 Å². The van der Waals surface area contributed by atoms with E-state index in [1.54, 1.807) is 11.3 Å². The fourth-order valence-corrected chi connectivity index (χ4v) is 5.35. The van der Waals surface area contributed by atoms with Crippen LogP contribution in [0.2, 0.25) is 0 Å². The predicted octanol–water partition coefficient (Wildman–Crippen LogP) is 2.30. The van der Waals surface area contributed by atoms with Gasteiger partial charge >= 0.3 is 0 Å². The maximum atomic E-state index is 12.9. The molecule has 0 spiro atoms. The van der Waals surface area contributed by atoms with E-state index in [2.05, 4.69) is 21.3 Å². The number of thiophene rings is 1. The van der Waals surface area contributed by atoms with E-state index in [4.69, 9.17) is 0 Å². The molecule has 1 N–H and O–H groups in total. The highest BCUT2D eigenvalue weighted by Gasteiger charge is 2.32. The van der Waals surface area contributed by atoms with Crippen molar-refractivity contribution in [2.24, 2.45) is 0 Å². The number of piperazine rings is 1. The lowest BCUT2D eigenvalue weighted by Crippen LogP contribution is -2.49. The molecule has 0 aliphatic carbocycles. The Morgan fingerprint density at radius 3 is 2.92 bits per heavy atom. The van der Waals surface area contributed by atoms with E-state index in [-0.39, 0.29) is 5.91 Å². The molecule has 7 heteroatoms. The number of nitrogens with one attached hydrogen (secondary N) is 1. The van der Waals surface area contributed by atoms with Gasteiger partial charge in [-0.3, -0.25) is 9.69 Å². The van der Waals surface area contributed by atoms with Gasteiger partial charge in [0.25, 0.3) is 5.91 Å². The van der Waals surface area contributed by atoms with Crippen LogP contribution < -0.4 is 5.32 Å². The van der Waals surface area contributed by atoms with Crippen LogP contribution in [0.15, 0.2) is 17.5 Å². The highest BCUT2D eigenvalue weighted by atomic mass is 32.1. The number of nitrogens with zero attached hydrogens (tertiary/aromatic N) is 3. The first-order chi connectivity index (χ1) is 11.7. The molecule has 1 amide bonds. The summed E-state index contributed by atoms with van der Waals surface area (Å²) in [6.07, 6.45) is 1.08. The zero-order chi connectivity index (χ0) is 16.5. The van der Waals surface area contributed by atoms with Crippen molar-refractivity contribution in [2.45, 2.75) is 19.4 Å². The summed E-state index contributed by atoms with van der Waals surface area (Å²) in [6, 6.07) is 4.60. The number of carbonyl (C=O) groups is 1. The molecule has 0 bridgehead atoms. The maximum absolute atomic E-state index is 12.9. The molecular formula is C17H22N4OS2. The number of aryl methyl sites for hydroxylation is 1. The Hall–Kier alpha value is -1.28. The summed E-state index contributed by atoms with van der Waals surface area (Å²) >= 11 is 3.21. The van der Waals surface area contributed by atoms with Gasteiger partial charge in [-0.15, -0.1) is 22.7 Å². The molecule has 2 fully saturated rings. The normalized spacial score (nSPS) is 22.2. The van der Waals surface area contributed by atoms with Crippen LogP contribution in [0.3, 0.4) is 0 Å². The lowest BCUT2D eigenvalue weighted by Gasteiger charge is -2.32. The van der Waals surface area contributed by atoms with Crippen LogP contribution in [-0.4, -0.2) is 66.0 Å². The van der Waals surface area contributed by atoms with Crippen molar-refractivity contribution in [3.8, 4) is 9.88 Å². The van der Waals surface area contributed by atoms with E-state index >= 15 is 0 Å². The fraction of sp³-hybridized carbons (Fsp3) is 0.529. The number of hydrogen-bond donors (Lipinski definition) is 1. The Balaban J connectivity index is 1.46. The topological polar surface area (TPSA) is 48.5 Å². The van der Waals surface area contributed by atoms with Gasteiger partial charge in [0.15, 0.2) is 0 Å². The van der Waals surface area contributed by atoms with Crippen molar-refractivity contribution in [3.05, 3.63) is 28.1 Å². The summed E-state index contributed by atoms with van der Waals surface area (Å²) in [5.41, 5.74) is 0.860. The third-order valence-electron chi connectivity index (χ3n) is 4.84. The summed E-state index contributed by atoms with van der Waals surface area (Å²) < 4.78 is 0. The smallest absolute Gasteiger partial charge is 0.265 e. The second-order valence-electron chi connectivity index (χ2n) is 6.39. The standard InChI is InChI=1S/C17H22N4OS2/c1-12-15(24-16(19-12)14-3-2-10-23-14)17(22)21-7-4-13(11-21)20-8-5-18-6-9-20/h2-3,10,13,18H,4-9,11H2,1H3. The molecule has 2 aliphatic heterocycles. The van der Waals surface area contributed by atoms with Crippen LogP contribution in [0.4, 0.5) is 0 Å². The minimum absolute atomic E-state index is 0.158. The Bertz CT molecular complexity index is 706. The number of amides is 1. The average Bonchev–Trinajstić information content (AvgIpc) is 3.35. The first-order valence-corrected chi connectivity index (χ1v) is 10.2. The van der Waals surface area contributed by atoms with Gasteiger partial charge in [0.1, 0.15) is 9.88 Å². The summed E-state index contributed by atoms with van der Waals surface area (Å²) in [4.78, 5) is 24.1. The van der Waals surface area contributed by atoms with Crippen LogP contribution in [0, 0.1) is 6.92 Å². The van der Waals surface area contributed by atoms with Crippen molar-refractivity contribution in [2.75, 3.05) is 39.3 Å². The molecule has 128 valence electrons. The Morgan fingerprint density at radius 2 is 2.17 bits per heavy atom. The summed E-state index contributed by atoms with van der Waals surface area (Å²) in [7, 11) is 0. The van der Waals surface area contributed by atoms with E-state index < -0.39 is 0 Å². The second kappa shape index (κ2) is 6.92. The quantitative estimate of drug-likeness (QED) is 0.910. The zero-order valence-electron chi connectivity index (χ0n) is 13.8. The first kappa shape index (κ1) is 16.2. The molecule has 0 radical (unpaired) electrons. The Kier molecular flexibility index (Phi) is 4.67. The molecule has 2 aliphatic rings. The number of rotatable bonds is 3. The van der Waals surface area contributed by atoms with Crippen LogP contribution in [-0.2, 0) is 0 Å². The van der Waals surface area contributed by atoms with E-state index in [1.807, 2.05) is 23.3 Å². The minimum atomic E-state index is 0.158. The Labute approximate surface area is 150 Å². The lowest BCUT2D eigenvalue weighted by atomic mass is 10.2. The van der Waals surface area contributed by atoms with Gasteiger partial charge in [0.2, 0.25) is 0 Å². The number of likely N-dealkylation sites (tertiary alicyclic amines) is 1. The van der Waals surface area contributed by atoms with Crippen molar-refractivity contribution >= 4 is 28.6 Å². The molecule has 1 atom stereocenters. The number of carbonyl (C=O) groups excluding carboxylic acids is 1. The number of aromatic nitrogens is 1. The van der Waals surface area contributed by atoms with Crippen molar-refractivity contribution in [3.63, 3.8) is 0 Å². The van der Waals surface area contributed by atoms with Gasteiger partial charge in [-0.1, -0.05) is 6.07 Å². The molecule has 2 aromatic heterocycles. The highest BCUT2D eigenvalue weighted by molar-refractivity contribution is 7.22. The summed E-state index contributed by atoms with van der Waals surface area (Å²) in [6.45, 7) is 7.96. The van der Waals surface area contributed by atoms with Gasteiger partial charge in [0, 0.05) is 45.3 Å². The van der Waals surface area contributed by atoms with E-state index in [0.717, 1.165) is 66.1 Å². The largest absolute Gasteiger partial charge is 0.336 e. The van der Waals surface area contributed by atoms with Gasteiger partial charge in [-0.25, -0.2) is 4.98 Å². The van der Waals surface area contributed by atoms with E-state index in [1.165, 1.54) is 11.3 Å². The molecule has 0 aromatic carbocycles. The van der Waals surface area contributed by atoms with Crippen LogP contribution in [0.1, 0.15) is 21.8 Å². The molecular weight excluding hydrogens is 340 g/mol. The molecule has 1 unspecified atom stereocenters. The van der Waals surface area contributed by atoms with Crippen molar-refractivity contribution in [1.29, 1.82) is 0 Å². The van der Waals surface area contributed by atoms with Gasteiger partial charge < -0.3 is 10.2 Å². The zero-order valence-corrected chi connectivity index (χ0v) is 15.5. The van der Waals surface area contributed by atoms with Crippen LogP contribution in [0.25, 0.3) is 9.88 Å².